The molecule has 1 aliphatic heterocycles. The molecule has 0 spiro atoms. The van der Waals surface area contributed by atoms with E-state index in [1.165, 1.54) is 48.8 Å². The molecule has 1 amide bonds. The van der Waals surface area contributed by atoms with Crippen molar-refractivity contribution in [3.8, 4) is 0 Å². The lowest BCUT2D eigenvalue weighted by molar-refractivity contribution is -0.0799. The number of halogens is 3. The van der Waals surface area contributed by atoms with Gasteiger partial charge in [0.05, 0.1) is 30.0 Å². The second-order valence-corrected chi connectivity index (χ2v) is 9.35. The summed E-state index contributed by atoms with van der Waals surface area (Å²) in [6.45, 7) is 6.25. The number of aryl methyl sites for hydroxylation is 1. The molecule has 0 unspecified atom stereocenters. The molecule has 5 nitrogen and oxygen atoms in total. The maximum Gasteiger partial charge on any atom is 0.256 e. The van der Waals surface area contributed by atoms with E-state index in [2.05, 4.69) is 10.6 Å². The van der Waals surface area contributed by atoms with Crippen molar-refractivity contribution in [3.63, 3.8) is 0 Å². The maximum absolute atomic E-state index is 14.6. The summed E-state index contributed by atoms with van der Waals surface area (Å²) in [6.07, 6.45) is 6.99. The highest BCUT2D eigenvalue weighted by Crippen LogP contribution is 2.31. The second-order valence-electron chi connectivity index (χ2n) is 9.35. The van der Waals surface area contributed by atoms with Crippen LogP contribution in [0.15, 0.2) is 30.3 Å². The van der Waals surface area contributed by atoms with Gasteiger partial charge in [0.1, 0.15) is 11.4 Å². The van der Waals surface area contributed by atoms with E-state index in [1.807, 2.05) is 13.8 Å². The van der Waals surface area contributed by atoms with Gasteiger partial charge in [-0.15, -0.1) is 0 Å². The van der Waals surface area contributed by atoms with Crippen LogP contribution in [0.2, 0.25) is 0 Å². The van der Waals surface area contributed by atoms with E-state index in [0.29, 0.717) is 18.2 Å². The topological polar surface area (TPSA) is 64.6 Å². The molecule has 35 heavy (non-hydrogen) atoms. The molecule has 8 heteroatoms. The number of benzene rings is 2. The Bertz CT molecular complexity index is 1020. The highest BCUT2D eigenvalue weighted by Gasteiger charge is 2.44. The average molecular weight is 492 g/mol. The third-order valence-electron chi connectivity index (χ3n) is 6.54. The average Bonchev–Trinajstić information content (AvgIpc) is 3.10. The second kappa shape index (κ2) is 11.9. The van der Waals surface area contributed by atoms with Gasteiger partial charge in [0.2, 0.25) is 0 Å². The molecule has 1 saturated heterocycles. The van der Waals surface area contributed by atoms with E-state index in [-0.39, 0.29) is 24.3 Å². The van der Waals surface area contributed by atoms with Gasteiger partial charge in [-0.25, -0.2) is 13.2 Å². The van der Waals surface area contributed by atoms with Gasteiger partial charge < -0.3 is 20.6 Å². The van der Waals surface area contributed by atoms with Crippen molar-refractivity contribution in [2.24, 2.45) is 0 Å². The van der Waals surface area contributed by atoms with E-state index in [4.69, 9.17) is 0 Å². The molecule has 2 fully saturated rings. The zero-order chi connectivity index (χ0) is 25.6. The predicted molar refractivity (Wildman–Crippen MR) is 132 cm³/mol. The number of aliphatic hydroxyl groups is 1. The Balaban J connectivity index is 0.00000167. The summed E-state index contributed by atoms with van der Waals surface area (Å²) in [5, 5.41) is 16.8. The molecule has 0 radical (unpaired) electrons. The number of nitrogens with zero attached hydrogens (tertiary/aromatic N) is 1. The van der Waals surface area contributed by atoms with Crippen molar-refractivity contribution in [2.45, 2.75) is 70.9 Å². The number of hydrogen-bond acceptors (Lipinski definition) is 4. The van der Waals surface area contributed by atoms with Crippen molar-refractivity contribution in [3.05, 3.63) is 58.9 Å². The fourth-order valence-electron chi connectivity index (χ4n) is 4.62. The first-order valence-electron chi connectivity index (χ1n) is 12.5. The summed E-state index contributed by atoms with van der Waals surface area (Å²) in [5.41, 5.74) is -0.988. The summed E-state index contributed by atoms with van der Waals surface area (Å²) < 4.78 is 42.8. The zero-order valence-electron chi connectivity index (χ0n) is 20.8. The van der Waals surface area contributed by atoms with Crippen LogP contribution in [-0.4, -0.2) is 47.2 Å². The first kappa shape index (κ1) is 27.0. The Hall–Kier alpha value is -2.58. The van der Waals surface area contributed by atoms with E-state index in [1.54, 1.807) is 13.0 Å². The molecule has 0 atom stereocenters. The predicted octanol–water partition coefficient (Wildman–Crippen LogP) is 5.68. The number of rotatable bonds is 6. The fraction of sp³-hybridized carbons (Fsp3) is 0.519. The van der Waals surface area contributed by atoms with E-state index in [0.717, 1.165) is 18.9 Å². The first-order chi connectivity index (χ1) is 16.8. The lowest BCUT2D eigenvalue weighted by Crippen LogP contribution is -2.67. The molecule has 3 N–H and O–H groups in total. The summed E-state index contributed by atoms with van der Waals surface area (Å²) in [5.74, 6) is -3.59. The van der Waals surface area contributed by atoms with Crippen LogP contribution >= 0.6 is 0 Å². The minimum atomic E-state index is -1.26. The lowest BCUT2D eigenvalue weighted by atomic mass is 9.92. The van der Waals surface area contributed by atoms with Crippen LogP contribution in [0.5, 0.6) is 0 Å². The highest BCUT2D eigenvalue weighted by atomic mass is 19.2. The number of β-amino-alcohol motifs (C(OH)–C–C–N with tert-alkyl or cyclic N) is 1. The molecule has 1 aliphatic carbocycles. The van der Waals surface area contributed by atoms with Crippen LogP contribution in [0, 0.1) is 24.4 Å². The molecule has 2 aliphatic rings. The van der Waals surface area contributed by atoms with Gasteiger partial charge in [0.25, 0.3) is 5.91 Å². The molecule has 1 saturated carbocycles. The monoisotopic (exact) mass is 491 g/mol. The normalized spacial score (nSPS) is 17.6. The van der Waals surface area contributed by atoms with Crippen molar-refractivity contribution in [1.29, 1.82) is 0 Å². The van der Waals surface area contributed by atoms with Gasteiger partial charge in [-0.3, -0.25) is 4.79 Å². The molecule has 2 aromatic rings. The number of carbonyl (C=O) groups excluding carboxylic acids is 1. The maximum atomic E-state index is 14.6. The van der Waals surface area contributed by atoms with Crippen LogP contribution < -0.4 is 10.6 Å². The lowest BCUT2D eigenvalue weighted by Gasteiger charge is -2.47. The van der Waals surface area contributed by atoms with Crippen LogP contribution in [0.3, 0.4) is 0 Å². The molecule has 0 bridgehead atoms. The van der Waals surface area contributed by atoms with Crippen LogP contribution in [-0.2, 0) is 0 Å². The molecule has 4 rings (SSSR count). The molecular weight excluding hydrogens is 455 g/mol. The Morgan fingerprint density at radius 3 is 2.31 bits per heavy atom. The van der Waals surface area contributed by atoms with Crippen molar-refractivity contribution in [1.82, 2.24) is 10.2 Å². The first-order valence-corrected chi connectivity index (χ1v) is 12.5. The largest absolute Gasteiger partial charge is 0.385 e. The van der Waals surface area contributed by atoms with E-state index < -0.39 is 34.6 Å². The van der Waals surface area contributed by atoms with E-state index >= 15 is 0 Å². The number of amides is 1. The number of anilines is 2. The SMILES string of the molecule is CC.Cc1ccc(Nc2c(C(=O)N3CC(O)(CNC4CCCCCC4)C3)ccc(F)c2F)c(F)c1. The fourth-order valence-corrected chi connectivity index (χ4v) is 4.62. The minimum absolute atomic E-state index is 0.0631. The zero-order valence-corrected chi connectivity index (χ0v) is 20.8. The summed E-state index contributed by atoms with van der Waals surface area (Å²) in [4.78, 5) is 14.4. The summed E-state index contributed by atoms with van der Waals surface area (Å²) in [6, 6.07) is 6.71. The molecule has 0 aromatic heterocycles. The van der Waals surface area contributed by atoms with Crippen molar-refractivity contribution < 1.29 is 23.1 Å². The van der Waals surface area contributed by atoms with Gasteiger partial charge in [-0.1, -0.05) is 45.6 Å². The van der Waals surface area contributed by atoms with Crippen molar-refractivity contribution >= 4 is 17.3 Å². The number of nitrogens with one attached hydrogen (secondary N) is 2. The number of likely N-dealkylation sites (tertiary alicyclic amines) is 1. The van der Waals surface area contributed by atoms with Gasteiger partial charge in [0, 0.05) is 12.6 Å². The van der Waals surface area contributed by atoms with Gasteiger partial charge in [-0.05, 0) is 49.6 Å². The standard InChI is InChI=1S/C25H30F3N3O2.C2H6/c1-16-8-11-21(20(27)12-16)30-23-18(9-10-19(26)22(23)28)24(32)31-14-25(33,15-31)13-29-17-6-4-2-3-5-7-17;1-2/h8-12,17,29-30,33H,2-7,13-15H2,1H3;1-2H3. The third kappa shape index (κ3) is 6.55. The highest BCUT2D eigenvalue weighted by molar-refractivity contribution is 6.01. The number of hydrogen-bond donors (Lipinski definition) is 3. The van der Waals surface area contributed by atoms with Crippen LogP contribution in [0.25, 0.3) is 0 Å². The Labute approximate surface area is 205 Å². The number of carbonyl (C=O) groups is 1. The Kier molecular flexibility index (Phi) is 9.19. The molecule has 1 heterocycles. The quantitative estimate of drug-likeness (QED) is 0.455. The third-order valence-corrected chi connectivity index (χ3v) is 6.54. The Morgan fingerprint density at radius 1 is 1.03 bits per heavy atom. The summed E-state index contributed by atoms with van der Waals surface area (Å²) in [7, 11) is 0. The van der Waals surface area contributed by atoms with Gasteiger partial charge >= 0.3 is 0 Å². The Morgan fingerprint density at radius 2 is 1.69 bits per heavy atom. The van der Waals surface area contributed by atoms with Crippen LogP contribution in [0.1, 0.15) is 68.3 Å². The van der Waals surface area contributed by atoms with Crippen molar-refractivity contribution in [2.75, 3.05) is 25.0 Å². The van der Waals surface area contributed by atoms with Gasteiger partial charge in [-0.2, -0.15) is 0 Å². The minimum Gasteiger partial charge on any atom is -0.385 e. The molecule has 2 aromatic carbocycles. The van der Waals surface area contributed by atoms with E-state index in [9.17, 15) is 23.1 Å². The smallest absolute Gasteiger partial charge is 0.256 e. The molecule has 192 valence electrons. The van der Waals surface area contributed by atoms with Crippen LogP contribution in [0.4, 0.5) is 24.5 Å². The van der Waals surface area contributed by atoms with Gasteiger partial charge in [0.15, 0.2) is 11.6 Å². The summed E-state index contributed by atoms with van der Waals surface area (Å²) >= 11 is 0. The molecular formula is C27H36F3N3O2.